The molecule has 0 saturated heterocycles. The first kappa shape index (κ1) is 17.9. The number of hydrogen-bond donors (Lipinski definition) is 1. The Balaban J connectivity index is 2.95. The van der Waals surface area contributed by atoms with Crippen molar-refractivity contribution < 1.29 is 32.6 Å². The summed E-state index contributed by atoms with van der Waals surface area (Å²) in [5, 5.41) is 9.05. The topological polar surface area (TPSA) is 79.7 Å². The van der Waals surface area contributed by atoms with Gasteiger partial charge in [-0.2, -0.15) is 13.2 Å². The summed E-state index contributed by atoms with van der Waals surface area (Å²) in [6, 6.07) is 2.43. The lowest BCUT2D eigenvalue weighted by atomic mass is 10.2. The van der Waals surface area contributed by atoms with E-state index >= 15 is 0 Å². The van der Waals surface area contributed by atoms with Gasteiger partial charge < -0.3 is 14.7 Å². The first-order valence-electron chi connectivity index (χ1n) is 6.29. The van der Waals surface area contributed by atoms with E-state index in [4.69, 9.17) is 5.11 Å². The lowest BCUT2D eigenvalue weighted by Crippen LogP contribution is -2.43. The predicted octanol–water partition coefficient (Wildman–Crippen LogP) is 1.25. The lowest BCUT2D eigenvalue weighted by molar-refractivity contribution is -0.206. The predicted molar refractivity (Wildman–Crippen MR) is 69.2 cm³/mol. The average Bonchev–Trinajstić information content (AvgIpc) is 2.49. The Kier molecular flexibility index (Phi) is 5.86. The molecule has 0 saturated carbocycles. The van der Waals surface area contributed by atoms with Gasteiger partial charge in [-0.1, -0.05) is 0 Å². The second-order valence-corrected chi connectivity index (χ2v) is 4.32. The number of methoxy groups -OCH3 is 1. The van der Waals surface area contributed by atoms with E-state index in [1.54, 1.807) is 0 Å². The molecule has 0 bridgehead atoms. The van der Waals surface area contributed by atoms with E-state index < -0.39 is 30.7 Å². The van der Waals surface area contributed by atoms with E-state index in [9.17, 15) is 22.8 Å². The highest BCUT2D eigenvalue weighted by Gasteiger charge is 2.40. The molecule has 0 aromatic carbocycles. The van der Waals surface area contributed by atoms with Crippen molar-refractivity contribution in [3.05, 3.63) is 29.6 Å². The number of esters is 1. The van der Waals surface area contributed by atoms with Crippen LogP contribution in [0.5, 0.6) is 0 Å². The molecule has 0 spiro atoms. The van der Waals surface area contributed by atoms with Gasteiger partial charge in [0.1, 0.15) is 5.69 Å². The average molecular weight is 320 g/mol. The number of aliphatic hydroxyl groups excluding tert-OH is 1. The quantitative estimate of drug-likeness (QED) is 0.826. The lowest BCUT2D eigenvalue weighted by Gasteiger charge is -2.24. The number of rotatable bonds is 5. The van der Waals surface area contributed by atoms with Crippen LogP contribution in [0.3, 0.4) is 0 Å². The maximum Gasteiger partial charge on any atom is 0.416 e. The standard InChI is InChI=1S/C13H15F3N2O4/c1-3-18(7-10(19)13(14,15)16)11(20)9-6-8(4-5-17-9)12(21)22-2/h4-6,10,19H,3,7H2,1-2H3/t10-/m0/s1. The molecule has 1 heterocycles. The van der Waals surface area contributed by atoms with Crippen LogP contribution >= 0.6 is 0 Å². The van der Waals surface area contributed by atoms with Crippen LogP contribution in [0.25, 0.3) is 0 Å². The van der Waals surface area contributed by atoms with Gasteiger partial charge in [-0.25, -0.2) is 4.79 Å². The molecule has 1 atom stereocenters. The van der Waals surface area contributed by atoms with Crippen LogP contribution in [0.15, 0.2) is 18.3 Å². The molecule has 1 rings (SSSR count). The number of aliphatic hydroxyl groups is 1. The number of amides is 1. The fraction of sp³-hybridized carbons (Fsp3) is 0.462. The zero-order chi connectivity index (χ0) is 16.9. The van der Waals surface area contributed by atoms with E-state index in [1.165, 1.54) is 19.2 Å². The number of alkyl halides is 3. The molecule has 0 radical (unpaired) electrons. The van der Waals surface area contributed by atoms with E-state index in [1.807, 2.05) is 0 Å². The molecule has 1 N–H and O–H groups in total. The van der Waals surface area contributed by atoms with E-state index in [0.29, 0.717) is 0 Å². The van der Waals surface area contributed by atoms with Crippen LogP contribution in [0, 0.1) is 0 Å². The zero-order valence-electron chi connectivity index (χ0n) is 11.9. The Bertz CT molecular complexity index is 548. The van der Waals surface area contributed by atoms with Crippen LogP contribution in [0.1, 0.15) is 27.8 Å². The second-order valence-electron chi connectivity index (χ2n) is 4.32. The summed E-state index contributed by atoms with van der Waals surface area (Å²) in [5.74, 6) is -1.52. The molecule has 1 aromatic rings. The number of carbonyl (C=O) groups is 2. The van der Waals surface area contributed by atoms with Gasteiger partial charge in [0.15, 0.2) is 6.10 Å². The number of ether oxygens (including phenoxy) is 1. The number of hydrogen-bond acceptors (Lipinski definition) is 5. The first-order chi connectivity index (χ1) is 10.2. The highest BCUT2D eigenvalue weighted by molar-refractivity contribution is 5.96. The molecule has 122 valence electrons. The third-order valence-electron chi connectivity index (χ3n) is 2.84. The van der Waals surface area contributed by atoms with Gasteiger partial charge in [0.05, 0.1) is 19.2 Å². The number of carbonyl (C=O) groups excluding carboxylic acids is 2. The highest BCUT2D eigenvalue weighted by Crippen LogP contribution is 2.21. The van der Waals surface area contributed by atoms with Crippen molar-refractivity contribution in [3.8, 4) is 0 Å². The summed E-state index contributed by atoms with van der Waals surface area (Å²) in [4.78, 5) is 28.0. The first-order valence-corrected chi connectivity index (χ1v) is 6.29. The molecule has 0 fully saturated rings. The van der Waals surface area contributed by atoms with Gasteiger partial charge in [-0.3, -0.25) is 9.78 Å². The zero-order valence-corrected chi connectivity index (χ0v) is 11.9. The summed E-state index contributed by atoms with van der Waals surface area (Å²) in [6.07, 6.45) is -6.30. The third kappa shape index (κ3) is 4.42. The van der Waals surface area contributed by atoms with Gasteiger partial charge in [0.2, 0.25) is 0 Å². The molecule has 0 aliphatic carbocycles. The van der Waals surface area contributed by atoms with Crippen LogP contribution in [-0.4, -0.2) is 59.3 Å². The molecule has 1 amide bonds. The molecule has 1 aromatic heterocycles. The fourth-order valence-electron chi connectivity index (χ4n) is 1.62. The highest BCUT2D eigenvalue weighted by atomic mass is 19.4. The van der Waals surface area contributed by atoms with Crippen molar-refractivity contribution in [1.82, 2.24) is 9.88 Å². The number of likely N-dealkylation sites (N-methyl/N-ethyl adjacent to an activating group) is 1. The van der Waals surface area contributed by atoms with Gasteiger partial charge in [-0.05, 0) is 19.1 Å². The van der Waals surface area contributed by atoms with Crippen LogP contribution < -0.4 is 0 Å². The van der Waals surface area contributed by atoms with E-state index in [0.717, 1.165) is 18.1 Å². The number of halogens is 3. The van der Waals surface area contributed by atoms with Gasteiger partial charge in [0.25, 0.3) is 5.91 Å². The Hall–Kier alpha value is -2.16. The fourth-order valence-corrected chi connectivity index (χ4v) is 1.62. The molecule has 22 heavy (non-hydrogen) atoms. The van der Waals surface area contributed by atoms with E-state index in [-0.39, 0.29) is 17.8 Å². The Morgan fingerprint density at radius 3 is 2.59 bits per heavy atom. The van der Waals surface area contributed by atoms with Gasteiger partial charge in [-0.15, -0.1) is 0 Å². The number of nitrogens with zero attached hydrogens (tertiary/aromatic N) is 2. The molecule has 9 heteroatoms. The summed E-state index contributed by atoms with van der Waals surface area (Å²) >= 11 is 0. The van der Waals surface area contributed by atoms with Crippen molar-refractivity contribution >= 4 is 11.9 Å². The van der Waals surface area contributed by atoms with Crippen molar-refractivity contribution in [2.24, 2.45) is 0 Å². The van der Waals surface area contributed by atoms with Crippen molar-refractivity contribution in [1.29, 1.82) is 0 Å². The molecule has 0 unspecified atom stereocenters. The maximum atomic E-state index is 12.4. The normalized spacial score (nSPS) is 12.6. The summed E-state index contributed by atoms with van der Waals surface area (Å²) < 4.78 is 41.6. The van der Waals surface area contributed by atoms with E-state index in [2.05, 4.69) is 9.72 Å². The SMILES string of the molecule is CCN(C[C@H](O)C(F)(F)F)C(=O)c1cc(C(=O)OC)ccn1. The minimum atomic E-state index is -4.82. The summed E-state index contributed by atoms with van der Waals surface area (Å²) in [6.45, 7) is 0.490. The number of aromatic nitrogens is 1. The second kappa shape index (κ2) is 7.21. The molecule has 6 nitrogen and oxygen atoms in total. The summed E-state index contributed by atoms with van der Waals surface area (Å²) in [7, 11) is 1.16. The molecule has 0 aliphatic rings. The third-order valence-corrected chi connectivity index (χ3v) is 2.84. The molecular weight excluding hydrogens is 305 g/mol. The van der Waals surface area contributed by atoms with Gasteiger partial charge >= 0.3 is 12.1 Å². The van der Waals surface area contributed by atoms with Crippen LogP contribution in [0.2, 0.25) is 0 Å². The minimum Gasteiger partial charge on any atom is -0.465 e. The Labute approximate surface area is 124 Å². The minimum absolute atomic E-state index is 0.0493. The van der Waals surface area contributed by atoms with Gasteiger partial charge in [0, 0.05) is 12.7 Å². The Morgan fingerprint density at radius 2 is 2.09 bits per heavy atom. The monoisotopic (exact) mass is 320 g/mol. The Morgan fingerprint density at radius 1 is 1.45 bits per heavy atom. The number of pyridine rings is 1. The van der Waals surface area contributed by atoms with Crippen molar-refractivity contribution in [2.45, 2.75) is 19.2 Å². The summed E-state index contributed by atoms with van der Waals surface area (Å²) in [5.41, 5.74) is -0.160. The molecular formula is C13H15F3N2O4. The van der Waals surface area contributed by atoms with Crippen LogP contribution in [0.4, 0.5) is 13.2 Å². The maximum absolute atomic E-state index is 12.4. The smallest absolute Gasteiger partial charge is 0.416 e. The van der Waals surface area contributed by atoms with Crippen molar-refractivity contribution in [3.63, 3.8) is 0 Å². The van der Waals surface area contributed by atoms with Crippen molar-refractivity contribution in [2.75, 3.05) is 20.2 Å². The largest absolute Gasteiger partial charge is 0.465 e. The molecule has 0 aliphatic heterocycles. The van der Waals surface area contributed by atoms with Crippen LogP contribution in [-0.2, 0) is 4.74 Å².